The van der Waals surface area contributed by atoms with Crippen LogP contribution in [0.1, 0.15) is 11.1 Å². The van der Waals surface area contributed by atoms with Crippen molar-refractivity contribution in [1.29, 1.82) is 0 Å². The minimum Gasteiger partial charge on any atom is -0.381 e. The molecule has 0 bridgehead atoms. The zero-order valence-corrected chi connectivity index (χ0v) is 13.2. The average molecular weight is 319 g/mol. The van der Waals surface area contributed by atoms with Gasteiger partial charge in [-0.15, -0.1) is 0 Å². The molecule has 2 rings (SSSR count). The summed E-state index contributed by atoms with van der Waals surface area (Å²) in [5.74, 6) is 0. The first-order chi connectivity index (χ1) is 9.08. The van der Waals surface area contributed by atoms with Crippen molar-refractivity contribution in [3.8, 4) is 0 Å². The van der Waals surface area contributed by atoms with E-state index in [9.17, 15) is 0 Å². The summed E-state index contributed by atoms with van der Waals surface area (Å²) in [4.78, 5) is 2.11. The molecule has 2 aromatic rings. The highest BCUT2D eigenvalue weighted by Gasteiger charge is 2.01. The summed E-state index contributed by atoms with van der Waals surface area (Å²) in [6.07, 6.45) is 0. The van der Waals surface area contributed by atoms with Gasteiger partial charge in [-0.25, -0.2) is 0 Å². The van der Waals surface area contributed by atoms with Crippen LogP contribution in [-0.4, -0.2) is 14.1 Å². The van der Waals surface area contributed by atoms with Gasteiger partial charge in [0.15, 0.2) is 0 Å². The topological polar surface area (TPSA) is 15.3 Å². The summed E-state index contributed by atoms with van der Waals surface area (Å²) >= 11 is 3.55. The molecule has 0 atom stereocenters. The van der Waals surface area contributed by atoms with E-state index in [-0.39, 0.29) is 0 Å². The molecule has 1 N–H and O–H groups in total. The van der Waals surface area contributed by atoms with E-state index in [0.717, 1.165) is 11.0 Å². The Morgan fingerprint density at radius 3 is 2.37 bits per heavy atom. The molecule has 0 heterocycles. The van der Waals surface area contributed by atoms with E-state index in [4.69, 9.17) is 0 Å². The first-order valence-electron chi connectivity index (χ1n) is 6.33. The first-order valence-corrected chi connectivity index (χ1v) is 7.12. The van der Waals surface area contributed by atoms with E-state index in [1.807, 2.05) is 0 Å². The minimum absolute atomic E-state index is 0.838. The second-order valence-corrected chi connectivity index (χ2v) is 5.68. The van der Waals surface area contributed by atoms with Crippen LogP contribution in [0.3, 0.4) is 0 Å². The van der Waals surface area contributed by atoms with E-state index in [2.05, 4.69) is 89.6 Å². The zero-order chi connectivity index (χ0) is 13.8. The van der Waals surface area contributed by atoms with Gasteiger partial charge >= 0.3 is 0 Å². The number of halogens is 1. The summed E-state index contributed by atoms with van der Waals surface area (Å²) in [5, 5.41) is 3.48. The third kappa shape index (κ3) is 3.51. The maximum absolute atomic E-state index is 3.55. The van der Waals surface area contributed by atoms with Gasteiger partial charge in [0.1, 0.15) is 0 Å². The van der Waals surface area contributed by atoms with E-state index >= 15 is 0 Å². The van der Waals surface area contributed by atoms with Gasteiger partial charge in [-0.1, -0.05) is 34.1 Å². The van der Waals surface area contributed by atoms with Crippen LogP contribution in [0.2, 0.25) is 0 Å². The van der Waals surface area contributed by atoms with Crippen LogP contribution in [-0.2, 0) is 6.54 Å². The van der Waals surface area contributed by atoms with Crippen molar-refractivity contribution in [1.82, 2.24) is 0 Å². The second-order valence-electron chi connectivity index (χ2n) is 4.83. The van der Waals surface area contributed by atoms with Crippen molar-refractivity contribution < 1.29 is 0 Å². The molecular formula is C16H19BrN2. The summed E-state index contributed by atoms with van der Waals surface area (Å²) in [6.45, 7) is 2.95. The summed E-state index contributed by atoms with van der Waals surface area (Å²) in [5.41, 5.74) is 4.92. The van der Waals surface area contributed by atoms with Gasteiger partial charge in [0, 0.05) is 36.5 Å². The fourth-order valence-corrected chi connectivity index (χ4v) is 2.27. The number of hydrogen-bond donors (Lipinski definition) is 1. The standard InChI is InChI=1S/C16H19BrN2/c1-12-15(17)5-4-6-16(12)18-11-13-7-9-14(10-8-13)19(2)3/h4-10,18H,11H2,1-3H3. The van der Waals surface area contributed by atoms with Crippen molar-refractivity contribution in [3.63, 3.8) is 0 Å². The van der Waals surface area contributed by atoms with Crippen LogP contribution in [0.15, 0.2) is 46.9 Å². The summed E-state index contributed by atoms with van der Waals surface area (Å²) in [7, 11) is 4.11. The van der Waals surface area contributed by atoms with Gasteiger partial charge in [-0.3, -0.25) is 0 Å². The fraction of sp³-hybridized carbons (Fsp3) is 0.250. The molecule has 0 fully saturated rings. The van der Waals surface area contributed by atoms with E-state index in [1.54, 1.807) is 0 Å². The van der Waals surface area contributed by atoms with Crippen molar-refractivity contribution in [2.45, 2.75) is 13.5 Å². The third-order valence-corrected chi connectivity index (χ3v) is 4.06. The number of benzene rings is 2. The normalized spacial score (nSPS) is 10.3. The molecule has 3 heteroatoms. The van der Waals surface area contributed by atoms with Crippen LogP contribution in [0, 0.1) is 6.92 Å². The Labute approximate surface area is 123 Å². The van der Waals surface area contributed by atoms with Crippen molar-refractivity contribution >= 4 is 27.3 Å². The summed E-state index contributed by atoms with van der Waals surface area (Å²) in [6, 6.07) is 14.8. The van der Waals surface area contributed by atoms with Crippen LogP contribution in [0.4, 0.5) is 11.4 Å². The molecule has 2 nitrogen and oxygen atoms in total. The van der Waals surface area contributed by atoms with E-state index < -0.39 is 0 Å². The van der Waals surface area contributed by atoms with Crippen molar-refractivity contribution in [3.05, 3.63) is 58.1 Å². The predicted molar refractivity (Wildman–Crippen MR) is 87.0 cm³/mol. The maximum Gasteiger partial charge on any atom is 0.0400 e. The Balaban J connectivity index is 2.04. The number of nitrogens with zero attached hydrogens (tertiary/aromatic N) is 1. The van der Waals surface area contributed by atoms with Gasteiger partial charge in [-0.05, 0) is 42.3 Å². The highest BCUT2D eigenvalue weighted by Crippen LogP contribution is 2.24. The Morgan fingerprint density at radius 1 is 1.05 bits per heavy atom. The molecule has 0 saturated carbocycles. The molecule has 0 saturated heterocycles. The Bertz CT molecular complexity index is 547. The minimum atomic E-state index is 0.838. The number of rotatable bonds is 4. The molecule has 0 aliphatic heterocycles. The van der Waals surface area contributed by atoms with Crippen LogP contribution in [0.25, 0.3) is 0 Å². The Hall–Kier alpha value is -1.48. The lowest BCUT2D eigenvalue weighted by Gasteiger charge is -2.14. The highest BCUT2D eigenvalue weighted by molar-refractivity contribution is 9.10. The molecule has 100 valence electrons. The molecule has 0 radical (unpaired) electrons. The van der Waals surface area contributed by atoms with Crippen molar-refractivity contribution in [2.24, 2.45) is 0 Å². The first kappa shape index (κ1) is 13.9. The van der Waals surface area contributed by atoms with E-state index in [0.29, 0.717) is 0 Å². The van der Waals surface area contributed by atoms with Gasteiger partial charge in [0.05, 0.1) is 0 Å². The van der Waals surface area contributed by atoms with Gasteiger partial charge in [-0.2, -0.15) is 0 Å². The number of nitrogens with one attached hydrogen (secondary N) is 1. The monoisotopic (exact) mass is 318 g/mol. The van der Waals surface area contributed by atoms with Crippen LogP contribution < -0.4 is 10.2 Å². The van der Waals surface area contributed by atoms with Gasteiger partial charge in [0.25, 0.3) is 0 Å². The van der Waals surface area contributed by atoms with Gasteiger partial charge in [0.2, 0.25) is 0 Å². The smallest absolute Gasteiger partial charge is 0.0400 e. The Kier molecular flexibility index (Phi) is 4.48. The number of hydrogen-bond acceptors (Lipinski definition) is 2. The zero-order valence-electron chi connectivity index (χ0n) is 11.6. The van der Waals surface area contributed by atoms with Crippen molar-refractivity contribution in [2.75, 3.05) is 24.3 Å². The predicted octanol–water partition coefficient (Wildman–Crippen LogP) is 4.44. The average Bonchev–Trinajstić information content (AvgIpc) is 2.41. The molecule has 0 amide bonds. The Morgan fingerprint density at radius 2 is 1.74 bits per heavy atom. The molecule has 0 aliphatic rings. The lowest BCUT2D eigenvalue weighted by Crippen LogP contribution is -2.08. The van der Waals surface area contributed by atoms with Crippen LogP contribution in [0.5, 0.6) is 0 Å². The molecule has 0 unspecified atom stereocenters. The molecule has 19 heavy (non-hydrogen) atoms. The SMILES string of the molecule is Cc1c(Br)cccc1NCc1ccc(N(C)C)cc1. The number of anilines is 2. The lowest BCUT2D eigenvalue weighted by molar-refractivity contribution is 1.11. The quantitative estimate of drug-likeness (QED) is 0.896. The van der Waals surface area contributed by atoms with Gasteiger partial charge < -0.3 is 10.2 Å². The molecular weight excluding hydrogens is 300 g/mol. The fourth-order valence-electron chi connectivity index (χ4n) is 1.91. The van der Waals surface area contributed by atoms with E-state index in [1.165, 1.54) is 22.5 Å². The van der Waals surface area contributed by atoms with Crippen LogP contribution >= 0.6 is 15.9 Å². The summed E-state index contributed by atoms with van der Waals surface area (Å²) < 4.78 is 1.14. The largest absolute Gasteiger partial charge is 0.381 e. The molecule has 2 aromatic carbocycles. The maximum atomic E-state index is 3.55. The third-order valence-electron chi connectivity index (χ3n) is 3.20. The molecule has 0 aliphatic carbocycles. The molecule has 0 spiro atoms. The lowest BCUT2D eigenvalue weighted by atomic mass is 10.1. The highest BCUT2D eigenvalue weighted by atomic mass is 79.9. The molecule has 0 aromatic heterocycles. The second kappa shape index (κ2) is 6.11.